The van der Waals surface area contributed by atoms with Crippen molar-refractivity contribution < 1.29 is 47.0 Å². The van der Waals surface area contributed by atoms with Gasteiger partial charge in [0.15, 0.2) is 23.2 Å². The van der Waals surface area contributed by atoms with Crippen molar-refractivity contribution in [2.75, 3.05) is 38.7 Å². The first-order valence-electron chi connectivity index (χ1n) is 13.8. The number of nitrogens with one attached hydrogen (secondary N) is 1. The lowest BCUT2D eigenvalue weighted by Crippen LogP contribution is -2.56. The van der Waals surface area contributed by atoms with E-state index >= 15 is 0 Å². The number of carbonyl (C=O) groups is 1. The van der Waals surface area contributed by atoms with Gasteiger partial charge in [0, 0.05) is 12.0 Å². The maximum atomic E-state index is 13.3. The van der Waals surface area contributed by atoms with Crippen molar-refractivity contribution in [2.24, 2.45) is 5.41 Å². The van der Waals surface area contributed by atoms with Crippen molar-refractivity contribution in [3.8, 4) is 5.88 Å². The molecule has 0 bridgehead atoms. The molecule has 0 spiro atoms. The van der Waals surface area contributed by atoms with E-state index < -0.39 is 49.2 Å². The Bertz CT molecular complexity index is 1370. The van der Waals surface area contributed by atoms with Crippen LogP contribution >= 0.6 is 7.82 Å². The Balaban J connectivity index is 1.18. The second kappa shape index (κ2) is 11.2. The first-order chi connectivity index (χ1) is 19.7. The molecule has 0 aliphatic carbocycles. The second-order valence-corrected chi connectivity index (χ2v) is 13.4. The summed E-state index contributed by atoms with van der Waals surface area (Å²) < 4.78 is 54.5. The third-order valence-electron chi connectivity index (χ3n) is 7.31. The van der Waals surface area contributed by atoms with Crippen molar-refractivity contribution >= 4 is 30.8 Å². The fraction of sp³-hybridized carbons (Fsp3) is 0.760. The second-order valence-electron chi connectivity index (χ2n) is 11.8. The maximum Gasteiger partial charge on any atom is 0.475 e. The van der Waals surface area contributed by atoms with E-state index in [1.165, 1.54) is 17.8 Å². The van der Waals surface area contributed by atoms with Crippen LogP contribution in [0, 0.1) is 5.41 Å². The Morgan fingerprint density at radius 2 is 2.05 bits per heavy atom. The van der Waals surface area contributed by atoms with Crippen LogP contribution in [0.3, 0.4) is 0 Å². The molecule has 6 atom stereocenters. The number of phosphoric ester groups is 1. The topological polar surface area (TPSA) is 201 Å². The predicted molar refractivity (Wildman–Crippen MR) is 146 cm³/mol. The number of amides is 1. The number of hydrogen-bond donors (Lipinski definition) is 3. The van der Waals surface area contributed by atoms with Gasteiger partial charge in [-0.3, -0.25) is 22.9 Å². The van der Waals surface area contributed by atoms with Crippen LogP contribution in [0.5, 0.6) is 5.88 Å². The number of nitrogen functional groups attached to an aromatic ring is 1. The van der Waals surface area contributed by atoms with Crippen molar-refractivity contribution in [2.45, 2.75) is 83.9 Å². The number of nitrogens with zero attached hydrogens (tertiary/aromatic N) is 4. The van der Waals surface area contributed by atoms with Gasteiger partial charge in [0.05, 0.1) is 32.8 Å². The van der Waals surface area contributed by atoms with Crippen LogP contribution in [-0.4, -0.2) is 93.2 Å². The molecule has 2 aromatic rings. The third kappa shape index (κ3) is 5.99. The number of anilines is 1. The molecule has 3 saturated heterocycles. The minimum absolute atomic E-state index is 0.0343. The molecule has 0 unspecified atom stereocenters. The third-order valence-corrected chi connectivity index (χ3v) is 8.76. The van der Waals surface area contributed by atoms with Crippen LogP contribution < -0.4 is 15.8 Å². The summed E-state index contributed by atoms with van der Waals surface area (Å²) in [5.41, 5.74) is 4.30. The van der Waals surface area contributed by atoms with Crippen LogP contribution in [0.15, 0.2) is 6.33 Å². The van der Waals surface area contributed by atoms with Crippen molar-refractivity contribution in [1.29, 1.82) is 0 Å². The number of ether oxygens (including phenoxy) is 4. The van der Waals surface area contributed by atoms with Gasteiger partial charge in [-0.05, 0) is 34.1 Å². The summed E-state index contributed by atoms with van der Waals surface area (Å²) in [5, 5.41) is 14.4. The number of nitrogens with two attached hydrogens (primary N) is 1. The lowest BCUT2D eigenvalue weighted by atomic mass is 9.85. The van der Waals surface area contributed by atoms with E-state index in [1.54, 1.807) is 20.8 Å². The number of hydrogen-bond acceptors (Lipinski definition) is 14. The molecule has 0 radical (unpaired) electrons. The van der Waals surface area contributed by atoms with E-state index in [0.29, 0.717) is 25.2 Å². The summed E-state index contributed by atoms with van der Waals surface area (Å²) in [5.74, 6) is -0.968. The van der Waals surface area contributed by atoms with Crippen molar-refractivity contribution in [3.63, 3.8) is 0 Å². The van der Waals surface area contributed by atoms with Gasteiger partial charge in [-0.2, -0.15) is 9.97 Å². The Morgan fingerprint density at radius 1 is 1.29 bits per heavy atom. The zero-order valence-corrected chi connectivity index (χ0v) is 25.5. The smallest absolute Gasteiger partial charge is 0.475 e. The Hall–Kier alpha value is -2.43. The predicted octanol–water partition coefficient (Wildman–Crippen LogP) is 1.68. The van der Waals surface area contributed by atoms with E-state index in [-0.39, 0.29) is 43.1 Å². The van der Waals surface area contributed by atoms with Gasteiger partial charge >= 0.3 is 7.82 Å². The maximum absolute atomic E-state index is 13.3. The molecule has 16 nitrogen and oxygen atoms in total. The van der Waals surface area contributed by atoms with Gasteiger partial charge in [-0.15, -0.1) is 0 Å². The Morgan fingerprint density at radius 3 is 2.79 bits per heavy atom. The molecule has 3 aliphatic rings. The molecule has 3 fully saturated rings. The van der Waals surface area contributed by atoms with Crippen LogP contribution in [-0.2, 0) is 37.1 Å². The van der Waals surface area contributed by atoms with E-state index in [9.17, 15) is 14.5 Å². The monoisotopic (exact) mass is 614 g/mol. The molecule has 5 heterocycles. The number of fused-ring (bicyclic) bond motifs is 2. The molecule has 0 aromatic carbocycles. The molecule has 234 valence electrons. The minimum Gasteiger partial charge on any atom is -0.476 e. The van der Waals surface area contributed by atoms with Crippen molar-refractivity contribution in [1.82, 2.24) is 24.8 Å². The van der Waals surface area contributed by atoms with Gasteiger partial charge in [0.1, 0.15) is 23.9 Å². The molecule has 3 aliphatic heterocycles. The zero-order valence-electron chi connectivity index (χ0n) is 24.6. The standard InChI is InChI=1S/C25H39N6O10P/c1-7-35-20-15-18(29-22(26)30-20)31(13-28-15)21-25(6,33)16-14(39-21)11-38-42(34,41-16)37-10-8-9-27-19(32)17-23(2,3)12-36-24(4,5)40-17/h13-14,16-17,21,33H,7-12H2,1-6H3,(H,27,32)(H2,26,29,30)/t14-,16-,17-,21-,25-,42+/m1/s1. The van der Waals surface area contributed by atoms with Gasteiger partial charge < -0.3 is 35.1 Å². The molecule has 42 heavy (non-hydrogen) atoms. The molecular weight excluding hydrogens is 575 g/mol. The quantitative estimate of drug-likeness (QED) is 0.272. The van der Waals surface area contributed by atoms with Gasteiger partial charge in [-0.1, -0.05) is 13.8 Å². The van der Waals surface area contributed by atoms with E-state index in [2.05, 4.69) is 20.3 Å². The minimum atomic E-state index is -4.05. The molecule has 5 rings (SSSR count). The highest BCUT2D eigenvalue weighted by Crippen LogP contribution is 2.59. The molecule has 2 aromatic heterocycles. The van der Waals surface area contributed by atoms with Crippen LogP contribution in [0.25, 0.3) is 11.2 Å². The zero-order chi connectivity index (χ0) is 30.5. The van der Waals surface area contributed by atoms with E-state index in [1.807, 2.05) is 13.8 Å². The summed E-state index contributed by atoms with van der Waals surface area (Å²) >= 11 is 0. The molecule has 4 N–H and O–H groups in total. The van der Waals surface area contributed by atoms with Crippen LogP contribution in [0.1, 0.15) is 54.2 Å². The number of aromatic nitrogens is 4. The SMILES string of the molecule is CCOc1nc(N)nc2c1ncn2[C@@H]1O[C@@H]2CO[P@](=O)(OCCCNC(=O)[C@H]3OC(C)(C)OCC3(C)C)O[C@H]2[C@@]1(C)O. The highest BCUT2D eigenvalue weighted by molar-refractivity contribution is 7.48. The first-order valence-corrected chi connectivity index (χ1v) is 15.3. The average Bonchev–Trinajstić information content (AvgIpc) is 3.43. The van der Waals surface area contributed by atoms with Crippen LogP contribution in [0.4, 0.5) is 5.95 Å². The molecule has 17 heteroatoms. The largest absolute Gasteiger partial charge is 0.476 e. The van der Waals surface area contributed by atoms with Crippen LogP contribution in [0.2, 0.25) is 0 Å². The lowest BCUT2D eigenvalue weighted by molar-refractivity contribution is -0.304. The molecular formula is C25H39N6O10P. The highest BCUT2D eigenvalue weighted by atomic mass is 31.2. The van der Waals surface area contributed by atoms with E-state index in [4.69, 9.17) is 38.3 Å². The Labute approximate surface area is 243 Å². The van der Waals surface area contributed by atoms with Gasteiger partial charge in [-0.25, -0.2) is 9.55 Å². The van der Waals surface area contributed by atoms with E-state index in [0.717, 1.165) is 0 Å². The van der Waals surface area contributed by atoms with Gasteiger partial charge in [0.2, 0.25) is 17.7 Å². The summed E-state index contributed by atoms with van der Waals surface area (Å²) in [6.07, 6.45) is -1.79. The summed E-state index contributed by atoms with van der Waals surface area (Å²) in [7, 11) is -4.05. The summed E-state index contributed by atoms with van der Waals surface area (Å²) in [6.45, 7) is 11.4. The summed E-state index contributed by atoms with van der Waals surface area (Å²) in [4.78, 5) is 25.4. The lowest BCUT2D eigenvalue weighted by Gasteiger charge is -2.44. The van der Waals surface area contributed by atoms with Crippen molar-refractivity contribution in [3.05, 3.63) is 6.33 Å². The fourth-order valence-electron chi connectivity index (χ4n) is 5.13. The number of phosphoric acid groups is 1. The normalized spacial score (nSPS) is 33.8. The molecule has 1 amide bonds. The Kier molecular flexibility index (Phi) is 8.30. The number of rotatable bonds is 9. The average molecular weight is 615 g/mol. The first kappa shape index (κ1) is 31.0. The van der Waals surface area contributed by atoms with Gasteiger partial charge in [0.25, 0.3) is 0 Å². The summed E-state index contributed by atoms with van der Waals surface area (Å²) in [6, 6.07) is 0. The number of imidazole rings is 1. The highest BCUT2D eigenvalue weighted by Gasteiger charge is 2.60. The fourth-order valence-corrected chi connectivity index (χ4v) is 6.64. The molecule has 0 saturated carbocycles. The number of carbonyl (C=O) groups excluding carboxylic acids is 1. The number of aliphatic hydroxyl groups is 1.